The van der Waals surface area contributed by atoms with E-state index in [1.54, 1.807) is 12.1 Å². The lowest BCUT2D eigenvalue weighted by molar-refractivity contribution is 0.0580. The Morgan fingerprint density at radius 1 is 1.41 bits per heavy atom. The molecule has 1 atom stereocenters. The van der Waals surface area contributed by atoms with Gasteiger partial charge in [-0.15, -0.1) is 0 Å². The summed E-state index contributed by atoms with van der Waals surface area (Å²) in [7, 11) is 0. The Bertz CT molecular complexity index is 410. The fourth-order valence-corrected chi connectivity index (χ4v) is 2.61. The fourth-order valence-electron chi connectivity index (χ4n) is 2.13. The van der Waals surface area contributed by atoms with Crippen LogP contribution in [0.2, 0.25) is 5.02 Å². The SMILES string of the molecule is NC(c1ccc(Br)c(Cl)c1F)C1CCOCC1. The predicted molar refractivity (Wildman–Crippen MR) is 69.6 cm³/mol. The largest absolute Gasteiger partial charge is 0.381 e. The van der Waals surface area contributed by atoms with Crippen LogP contribution in [-0.4, -0.2) is 13.2 Å². The third kappa shape index (κ3) is 2.81. The molecule has 1 aromatic rings. The van der Waals surface area contributed by atoms with Crippen molar-refractivity contribution in [1.82, 2.24) is 0 Å². The van der Waals surface area contributed by atoms with E-state index in [1.807, 2.05) is 0 Å². The average molecular weight is 323 g/mol. The lowest BCUT2D eigenvalue weighted by atomic mass is 9.87. The molecule has 1 heterocycles. The molecule has 2 nitrogen and oxygen atoms in total. The minimum absolute atomic E-state index is 0.102. The van der Waals surface area contributed by atoms with Crippen molar-refractivity contribution in [3.8, 4) is 0 Å². The van der Waals surface area contributed by atoms with Crippen molar-refractivity contribution >= 4 is 27.5 Å². The average Bonchev–Trinajstić information content (AvgIpc) is 2.36. The number of nitrogens with two attached hydrogens (primary N) is 1. The lowest BCUT2D eigenvalue weighted by Crippen LogP contribution is -2.28. The van der Waals surface area contributed by atoms with Crippen LogP contribution in [0, 0.1) is 11.7 Å². The molecule has 0 amide bonds. The van der Waals surface area contributed by atoms with E-state index in [0.29, 0.717) is 23.2 Å². The molecule has 0 aromatic heterocycles. The quantitative estimate of drug-likeness (QED) is 0.843. The van der Waals surface area contributed by atoms with Crippen molar-refractivity contribution in [2.45, 2.75) is 18.9 Å². The van der Waals surface area contributed by atoms with Crippen LogP contribution in [0.5, 0.6) is 0 Å². The van der Waals surface area contributed by atoms with Crippen molar-refractivity contribution in [2.24, 2.45) is 11.7 Å². The van der Waals surface area contributed by atoms with Crippen LogP contribution in [0.4, 0.5) is 4.39 Å². The molecule has 2 N–H and O–H groups in total. The minimum Gasteiger partial charge on any atom is -0.381 e. The molecule has 1 aliphatic rings. The summed E-state index contributed by atoms with van der Waals surface area (Å²) in [5.74, 6) is -0.157. The van der Waals surface area contributed by atoms with Crippen molar-refractivity contribution in [2.75, 3.05) is 13.2 Å². The van der Waals surface area contributed by atoms with Crippen LogP contribution in [0.15, 0.2) is 16.6 Å². The summed E-state index contributed by atoms with van der Waals surface area (Å²) in [4.78, 5) is 0. The number of benzene rings is 1. The minimum atomic E-state index is -0.417. The fraction of sp³-hybridized carbons (Fsp3) is 0.500. The zero-order valence-corrected chi connectivity index (χ0v) is 11.6. The van der Waals surface area contributed by atoms with Gasteiger partial charge < -0.3 is 10.5 Å². The molecule has 17 heavy (non-hydrogen) atoms. The number of halogens is 3. The van der Waals surface area contributed by atoms with Gasteiger partial charge >= 0.3 is 0 Å². The van der Waals surface area contributed by atoms with Crippen molar-refractivity contribution in [3.05, 3.63) is 33.0 Å². The monoisotopic (exact) mass is 321 g/mol. The first-order valence-electron chi connectivity index (χ1n) is 5.58. The summed E-state index contributed by atoms with van der Waals surface area (Å²) in [5.41, 5.74) is 6.61. The van der Waals surface area contributed by atoms with E-state index < -0.39 is 5.82 Å². The van der Waals surface area contributed by atoms with Crippen LogP contribution in [-0.2, 0) is 4.74 Å². The summed E-state index contributed by atoms with van der Waals surface area (Å²) in [5, 5.41) is 0.102. The number of hydrogen-bond acceptors (Lipinski definition) is 2. The first-order chi connectivity index (χ1) is 8.11. The predicted octanol–water partition coefficient (Wildman–Crippen LogP) is 3.67. The molecule has 1 unspecified atom stereocenters. The zero-order chi connectivity index (χ0) is 12.4. The molecule has 1 fully saturated rings. The van der Waals surface area contributed by atoms with E-state index in [0.717, 1.165) is 12.8 Å². The maximum Gasteiger partial charge on any atom is 0.147 e. The number of hydrogen-bond donors (Lipinski definition) is 1. The van der Waals surface area contributed by atoms with Crippen LogP contribution >= 0.6 is 27.5 Å². The Kier molecular flexibility index (Phi) is 4.42. The van der Waals surface area contributed by atoms with Crippen molar-refractivity contribution < 1.29 is 9.13 Å². The maximum absolute atomic E-state index is 14.0. The van der Waals surface area contributed by atoms with E-state index in [2.05, 4.69) is 15.9 Å². The lowest BCUT2D eigenvalue weighted by Gasteiger charge is -2.28. The molecule has 1 aromatic carbocycles. The van der Waals surface area contributed by atoms with E-state index in [-0.39, 0.29) is 17.0 Å². The Hall–Kier alpha value is -0.160. The molecular formula is C12H14BrClFNO. The Labute approximate surface area is 113 Å². The molecule has 1 aliphatic heterocycles. The van der Waals surface area contributed by atoms with Crippen LogP contribution in [0.1, 0.15) is 24.4 Å². The van der Waals surface area contributed by atoms with Crippen LogP contribution in [0.3, 0.4) is 0 Å². The van der Waals surface area contributed by atoms with Gasteiger partial charge in [-0.1, -0.05) is 17.7 Å². The molecule has 0 radical (unpaired) electrons. The topological polar surface area (TPSA) is 35.2 Å². The highest BCUT2D eigenvalue weighted by Crippen LogP contribution is 2.34. The van der Waals surface area contributed by atoms with Crippen molar-refractivity contribution in [3.63, 3.8) is 0 Å². The molecule has 94 valence electrons. The van der Waals surface area contributed by atoms with E-state index in [4.69, 9.17) is 22.1 Å². The summed E-state index contributed by atoms with van der Waals surface area (Å²) < 4.78 is 19.8. The van der Waals surface area contributed by atoms with Gasteiger partial charge in [-0.2, -0.15) is 0 Å². The molecule has 2 rings (SSSR count). The second-order valence-corrected chi connectivity index (χ2v) is 5.47. The van der Waals surface area contributed by atoms with Gasteiger partial charge in [0.15, 0.2) is 0 Å². The smallest absolute Gasteiger partial charge is 0.147 e. The van der Waals surface area contributed by atoms with Gasteiger partial charge in [0.2, 0.25) is 0 Å². The zero-order valence-electron chi connectivity index (χ0n) is 9.26. The Morgan fingerprint density at radius 3 is 2.71 bits per heavy atom. The third-order valence-electron chi connectivity index (χ3n) is 3.20. The van der Waals surface area contributed by atoms with Crippen LogP contribution in [0.25, 0.3) is 0 Å². The summed E-state index contributed by atoms with van der Waals surface area (Å²) in [6.07, 6.45) is 1.74. The Morgan fingerprint density at radius 2 is 2.06 bits per heavy atom. The first kappa shape index (κ1) is 13.3. The normalized spacial score (nSPS) is 19.3. The molecular weight excluding hydrogens is 308 g/mol. The summed E-state index contributed by atoms with van der Waals surface area (Å²) in [6.45, 7) is 1.40. The highest BCUT2D eigenvalue weighted by Gasteiger charge is 2.25. The van der Waals surface area contributed by atoms with E-state index in [9.17, 15) is 4.39 Å². The van der Waals surface area contributed by atoms with E-state index in [1.165, 1.54) is 0 Å². The maximum atomic E-state index is 14.0. The molecule has 0 bridgehead atoms. The van der Waals surface area contributed by atoms with Gasteiger partial charge in [-0.25, -0.2) is 4.39 Å². The molecule has 0 aliphatic carbocycles. The van der Waals surface area contributed by atoms with E-state index >= 15 is 0 Å². The number of rotatable bonds is 2. The number of ether oxygens (including phenoxy) is 1. The highest BCUT2D eigenvalue weighted by atomic mass is 79.9. The van der Waals surface area contributed by atoms with Crippen LogP contribution < -0.4 is 5.73 Å². The van der Waals surface area contributed by atoms with Gasteiger partial charge in [0.25, 0.3) is 0 Å². The molecule has 0 saturated carbocycles. The second kappa shape index (κ2) is 5.65. The Balaban J connectivity index is 2.24. The second-order valence-electron chi connectivity index (χ2n) is 4.24. The van der Waals surface area contributed by atoms with Crippen molar-refractivity contribution in [1.29, 1.82) is 0 Å². The van der Waals surface area contributed by atoms with Gasteiger partial charge in [-0.05, 0) is 40.8 Å². The van der Waals surface area contributed by atoms with Gasteiger partial charge in [0.1, 0.15) is 5.82 Å². The van der Waals surface area contributed by atoms with Gasteiger partial charge in [-0.3, -0.25) is 0 Å². The molecule has 1 saturated heterocycles. The van der Waals surface area contributed by atoms with Gasteiger partial charge in [0, 0.05) is 29.3 Å². The molecule has 5 heteroatoms. The molecule has 0 spiro atoms. The summed E-state index contributed by atoms with van der Waals surface area (Å²) in [6, 6.07) is 3.12. The third-order valence-corrected chi connectivity index (χ3v) is 4.46. The standard InChI is InChI=1S/C12H14BrClFNO/c13-9-2-1-8(11(15)10(9)14)12(16)7-3-5-17-6-4-7/h1-2,7,12H,3-6,16H2. The summed E-state index contributed by atoms with van der Waals surface area (Å²) >= 11 is 9.06. The van der Waals surface area contributed by atoms with Gasteiger partial charge in [0.05, 0.1) is 5.02 Å². The highest BCUT2D eigenvalue weighted by molar-refractivity contribution is 9.10. The first-order valence-corrected chi connectivity index (χ1v) is 6.75.